The van der Waals surface area contributed by atoms with Crippen molar-refractivity contribution in [2.45, 2.75) is 30.1 Å². The molecular formula is C11H15NO2S. The van der Waals surface area contributed by atoms with Gasteiger partial charge >= 0.3 is 0 Å². The number of hydrogen-bond acceptors (Lipinski definition) is 2. The third-order valence-corrected chi connectivity index (χ3v) is 4.43. The van der Waals surface area contributed by atoms with Crippen molar-refractivity contribution in [3.63, 3.8) is 0 Å². The minimum absolute atomic E-state index is 0.370. The van der Waals surface area contributed by atoms with E-state index in [1.54, 1.807) is 12.1 Å². The van der Waals surface area contributed by atoms with Crippen molar-refractivity contribution < 1.29 is 8.42 Å². The fourth-order valence-corrected chi connectivity index (χ4v) is 2.58. The molecule has 0 bridgehead atoms. The van der Waals surface area contributed by atoms with Crippen molar-refractivity contribution >= 4 is 10.0 Å². The molecule has 1 saturated carbocycles. The molecule has 0 amide bonds. The topological polar surface area (TPSA) is 46.2 Å². The van der Waals surface area contributed by atoms with Gasteiger partial charge in [0.05, 0.1) is 4.90 Å². The Bertz CT molecular complexity index is 449. The molecule has 15 heavy (non-hydrogen) atoms. The van der Waals surface area contributed by atoms with E-state index < -0.39 is 10.0 Å². The van der Waals surface area contributed by atoms with Gasteiger partial charge in [-0.1, -0.05) is 18.6 Å². The molecule has 0 spiro atoms. The minimum atomic E-state index is -3.29. The SMILES string of the molecule is CNS(=O)(=O)c1cccc(C2CCC2)c1. The predicted molar refractivity (Wildman–Crippen MR) is 59.3 cm³/mol. The van der Waals surface area contributed by atoms with E-state index in [0.717, 1.165) is 5.56 Å². The predicted octanol–water partition coefficient (Wildman–Crippen LogP) is 1.86. The van der Waals surface area contributed by atoms with Gasteiger partial charge in [0, 0.05) is 0 Å². The first-order valence-electron chi connectivity index (χ1n) is 5.17. The summed E-state index contributed by atoms with van der Waals surface area (Å²) in [4.78, 5) is 0.370. The highest BCUT2D eigenvalue weighted by molar-refractivity contribution is 7.89. The molecule has 1 aliphatic rings. The van der Waals surface area contributed by atoms with Gasteiger partial charge in [0.1, 0.15) is 0 Å². The largest absolute Gasteiger partial charge is 0.240 e. The summed E-state index contributed by atoms with van der Waals surface area (Å²) in [6.07, 6.45) is 3.62. The summed E-state index contributed by atoms with van der Waals surface area (Å²) in [6, 6.07) is 7.25. The minimum Gasteiger partial charge on any atom is -0.214 e. The molecule has 3 nitrogen and oxygen atoms in total. The highest BCUT2D eigenvalue weighted by Gasteiger charge is 2.21. The fraction of sp³-hybridized carbons (Fsp3) is 0.455. The Hall–Kier alpha value is -0.870. The van der Waals surface area contributed by atoms with Crippen LogP contribution < -0.4 is 4.72 Å². The first-order valence-corrected chi connectivity index (χ1v) is 6.65. The number of benzene rings is 1. The summed E-state index contributed by atoms with van der Waals surface area (Å²) in [5.74, 6) is 0.567. The van der Waals surface area contributed by atoms with Gasteiger partial charge in [0.15, 0.2) is 0 Å². The molecule has 0 atom stereocenters. The Morgan fingerprint density at radius 3 is 2.60 bits per heavy atom. The van der Waals surface area contributed by atoms with Crippen LogP contribution >= 0.6 is 0 Å². The van der Waals surface area contributed by atoms with Gasteiger partial charge in [-0.25, -0.2) is 13.1 Å². The molecule has 0 unspecified atom stereocenters. The lowest BCUT2D eigenvalue weighted by atomic mass is 9.80. The Labute approximate surface area is 90.6 Å². The zero-order valence-electron chi connectivity index (χ0n) is 8.73. The van der Waals surface area contributed by atoms with Crippen molar-refractivity contribution in [3.05, 3.63) is 29.8 Å². The van der Waals surface area contributed by atoms with Gasteiger partial charge < -0.3 is 0 Å². The van der Waals surface area contributed by atoms with Crippen LogP contribution in [-0.4, -0.2) is 15.5 Å². The third kappa shape index (κ3) is 2.06. The van der Waals surface area contributed by atoms with Crippen LogP contribution in [0, 0.1) is 0 Å². The van der Waals surface area contributed by atoms with E-state index in [1.165, 1.54) is 26.3 Å². The monoisotopic (exact) mass is 225 g/mol. The Morgan fingerprint density at radius 2 is 2.07 bits per heavy atom. The Kier molecular flexibility index (Phi) is 2.80. The van der Waals surface area contributed by atoms with Crippen molar-refractivity contribution in [2.24, 2.45) is 0 Å². The maximum atomic E-state index is 11.6. The molecule has 4 heteroatoms. The molecule has 0 heterocycles. The summed E-state index contributed by atoms with van der Waals surface area (Å²) in [5, 5.41) is 0. The second-order valence-corrected chi connectivity index (χ2v) is 5.79. The number of rotatable bonds is 3. The van der Waals surface area contributed by atoms with E-state index in [1.807, 2.05) is 12.1 Å². The first-order chi connectivity index (χ1) is 7.13. The lowest BCUT2D eigenvalue weighted by Crippen LogP contribution is -2.19. The summed E-state index contributed by atoms with van der Waals surface area (Å²) in [5.41, 5.74) is 1.15. The zero-order chi connectivity index (χ0) is 10.9. The maximum Gasteiger partial charge on any atom is 0.240 e. The van der Waals surface area contributed by atoms with E-state index in [-0.39, 0.29) is 0 Å². The standard InChI is InChI=1S/C11H15NO2S/c1-12-15(13,14)11-7-3-6-10(8-11)9-4-2-5-9/h3,6-9,12H,2,4-5H2,1H3. The summed E-state index contributed by atoms with van der Waals surface area (Å²) in [6.45, 7) is 0. The lowest BCUT2D eigenvalue weighted by molar-refractivity contribution is 0.419. The van der Waals surface area contributed by atoms with E-state index in [2.05, 4.69) is 4.72 Å². The lowest BCUT2D eigenvalue weighted by Gasteiger charge is -2.26. The Morgan fingerprint density at radius 1 is 1.33 bits per heavy atom. The van der Waals surface area contributed by atoms with Crippen LogP contribution in [-0.2, 0) is 10.0 Å². The number of hydrogen-bond donors (Lipinski definition) is 1. The molecule has 1 aliphatic carbocycles. The van der Waals surface area contributed by atoms with Gasteiger partial charge in [0.2, 0.25) is 10.0 Å². The number of sulfonamides is 1. The van der Waals surface area contributed by atoms with E-state index in [9.17, 15) is 8.42 Å². The quantitative estimate of drug-likeness (QED) is 0.853. The third-order valence-electron chi connectivity index (χ3n) is 3.01. The summed E-state index contributed by atoms with van der Waals surface area (Å²) < 4.78 is 25.5. The average molecular weight is 225 g/mol. The molecule has 1 aromatic carbocycles. The molecule has 0 saturated heterocycles. The normalized spacial score (nSPS) is 17.4. The van der Waals surface area contributed by atoms with Crippen LogP contribution in [0.15, 0.2) is 29.2 Å². The van der Waals surface area contributed by atoms with Crippen molar-refractivity contribution in [1.82, 2.24) is 4.72 Å². The van der Waals surface area contributed by atoms with Gasteiger partial charge in [-0.3, -0.25) is 0 Å². The maximum absolute atomic E-state index is 11.6. The van der Waals surface area contributed by atoms with Crippen LogP contribution in [0.3, 0.4) is 0 Å². The van der Waals surface area contributed by atoms with Gasteiger partial charge in [-0.2, -0.15) is 0 Å². The summed E-state index contributed by atoms with van der Waals surface area (Å²) >= 11 is 0. The van der Waals surface area contributed by atoms with Crippen LogP contribution in [0.1, 0.15) is 30.7 Å². The first kappa shape index (κ1) is 10.6. The summed E-state index contributed by atoms with van der Waals surface area (Å²) in [7, 11) is -1.85. The molecule has 0 aromatic heterocycles. The van der Waals surface area contributed by atoms with Gasteiger partial charge in [-0.05, 0) is 43.5 Å². The van der Waals surface area contributed by atoms with Gasteiger partial charge in [0.25, 0.3) is 0 Å². The van der Waals surface area contributed by atoms with E-state index in [4.69, 9.17) is 0 Å². The van der Waals surface area contributed by atoms with E-state index >= 15 is 0 Å². The average Bonchev–Trinajstić information content (AvgIpc) is 2.16. The second-order valence-electron chi connectivity index (χ2n) is 3.91. The van der Waals surface area contributed by atoms with Crippen LogP contribution in [0.4, 0.5) is 0 Å². The van der Waals surface area contributed by atoms with Crippen LogP contribution in [0.5, 0.6) is 0 Å². The second kappa shape index (κ2) is 3.94. The van der Waals surface area contributed by atoms with Crippen molar-refractivity contribution in [2.75, 3.05) is 7.05 Å². The zero-order valence-corrected chi connectivity index (χ0v) is 9.55. The van der Waals surface area contributed by atoms with Crippen LogP contribution in [0.2, 0.25) is 0 Å². The van der Waals surface area contributed by atoms with Crippen LogP contribution in [0.25, 0.3) is 0 Å². The molecule has 0 aliphatic heterocycles. The molecule has 1 aromatic rings. The van der Waals surface area contributed by atoms with Crippen molar-refractivity contribution in [3.8, 4) is 0 Å². The fourth-order valence-electron chi connectivity index (χ4n) is 1.80. The highest BCUT2D eigenvalue weighted by atomic mass is 32.2. The van der Waals surface area contributed by atoms with E-state index in [0.29, 0.717) is 10.8 Å². The smallest absolute Gasteiger partial charge is 0.214 e. The molecule has 1 N–H and O–H groups in total. The Balaban J connectivity index is 2.34. The molecular weight excluding hydrogens is 210 g/mol. The van der Waals surface area contributed by atoms with Crippen molar-refractivity contribution in [1.29, 1.82) is 0 Å². The number of nitrogens with one attached hydrogen (secondary N) is 1. The molecule has 1 fully saturated rings. The van der Waals surface area contributed by atoms with Gasteiger partial charge in [-0.15, -0.1) is 0 Å². The molecule has 2 rings (SSSR count). The molecule has 0 radical (unpaired) electrons. The highest BCUT2D eigenvalue weighted by Crippen LogP contribution is 2.36. The molecule has 82 valence electrons.